The summed E-state index contributed by atoms with van der Waals surface area (Å²) in [5.41, 5.74) is 1.21. The van der Waals surface area contributed by atoms with Crippen molar-refractivity contribution in [2.45, 2.75) is 26.2 Å². The van der Waals surface area contributed by atoms with Gasteiger partial charge >= 0.3 is 5.97 Å². The number of pyridine rings is 1. The smallest absolute Gasteiger partial charge is 0.354 e. The third kappa shape index (κ3) is 3.97. The predicted molar refractivity (Wildman–Crippen MR) is 49.8 cm³/mol. The number of hydrogen-bond acceptors (Lipinski definition) is 2. The van der Waals surface area contributed by atoms with E-state index in [0.717, 1.165) is 24.8 Å². The fourth-order valence-electron chi connectivity index (χ4n) is 1.08. The monoisotopic (exact) mass is 243 g/mol. The van der Waals surface area contributed by atoms with Crippen LogP contribution < -0.4 is 0 Å². The van der Waals surface area contributed by atoms with Gasteiger partial charge in [0, 0.05) is 25.7 Å². The zero-order valence-corrected chi connectivity index (χ0v) is 11.3. The van der Waals surface area contributed by atoms with Gasteiger partial charge in [0.2, 0.25) is 0 Å². The van der Waals surface area contributed by atoms with Gasteiger partial charge in [0.25, 0.3) is 0 Å². The van der Waals surface area contributed by atoms with Crippen molar-refractivity contribution in [2.24, 2.45) is 0 Å². The molecule has 1 N–H and O–H groups in total. The second-order valence-electron chi connectivity index (χ2n) is 2.96. The average Bonchev–Trinajstić information content (AvgIpc) is 2.15. The van der Waals surface area contributed by atoms with Gasteiger partial charge in [-0.05, 0) is 24.5 Å². The van der Waals surface area contributed by atoms with Crippen LogP contribution in [0.15, 0.2) is 18.3 Å². The number of aromatic carboxylic acids is 1. The molecule has 0 aliphatic rings. The van der Waals surface area contributed by atoms with E-state index in [-0.39, 0.29) is 25.2 Å². The summed E-state index contributed by atoms with van der Waals surface area (Å²) < 4.78 is 0. The number of rotatable bonds is 4. The molecule has 0 aliphatic heterocycles. The van der Waals surface area contributed by atoms with Crippen molar-refractivity contribution < 1.29 is 29.4 Å². The van der Waals surface area contributed by atoms with Gasteiger partial charge in [0.1, 0.15) is 5.69 Å². The zero-order valence-electron chi connectivity index (χ0n) is 8.36. The Kier molecular flexibility index (Phi) is 6.30. The second-order valence-corrected chi connectivity index (χ2v) is 2.96. The maximum absolute atomic E-state index is 10.5. The number of unbranched alkanes of at least 4 members (excludes halogenated alkanes) is 1. The molecule has 72 valence electrons. The van der Waals surface area contributed by atoms with Crippen molar-refractivity contribution in [1.29, 1.82) is 0 Å². The van der Waals surface area contributed by atoms with E-state index < -0.39 is 5.97 Å². The Balaban J connectivity index is 0.00000169. The molecule has 0 radical (unpaired) electrons. The van der Waals surface area contributed by atoms with E-state index in [0.29, 0.717) is 0 Å². The molecule has 0 unspecified atom stereocenters. The maximum atomic E-state index is 10.5. The van der Waals surface area contributed by atoms with Crippen LogP contribution in [-0.2, 0) is 25.9 Å². The third-order valence-corrected chi connectivity index (χ3v) is 1.86. The van der Waals surface area contributed by atoms with Crippen LogP contribution in [0.25, 0.3) is 0 Å². The number of carboxylic acid groups (broad SMARTS) is 1. The first-order chi connectivity index (χ1) is 6.24. The SMILES string of the molecule is CCCCc1ccc(C(=O)O)nc1.[Zn]. The van der Waals surface area contributed by atoms with Crippen LogP contribution in [0.4, 0.5) is 0 Å². The number of aromatic nitrogens is 1. The van der Waals surface area contributed by atoms with Gasteiger partial charge in [0.15, 0.2) is 0 Å². The molecule has 4 heteroatoms. The molecular weight excluding hydrogens is 232 g/mol. The average molecular weight is 245 g/mol. The summed E-state index contributed by atoms with van der Waals surface area (Å²) in [4.78, 5) is 14.3. The number of hydrogen-bond donors (Lipinski definition) is 1. The van der Waals surface area contributed by atoms with E-state index in [2.05, 4.69) is 11.9 Å². The number of aryl methyl sites for hydroxylation is 1. The van der Waals surface area contributed by atoms with Crippen molar-refractivity contribution in [3.05, 3.63) is 29.6 Å². The summed E-state index contributed by atoms with van der Waals surface area (Å²) in [6.45, 7) is 2.12. The van der Waals surface area contributed by atoms with Gasteiger partial charge in [-0.1, -0.05) is 19.4 Å². The number of nitrogens with zero attached hydrogens (tertiary/aromatic N) is 1. The molecule has 0 saturated heterocycles. The normalized spacial score (nSPS) is 9.21. The fourth-order valence-corrected chi connectivity index (χ4v) is 1.08. The summed E-state index contributed by atoms with van der Waals surface area (Å²) in [7, 11) is 0. The predicted octanol–water partition coefficient (Wildman–Crippen LogP) is 2.12. The summed E-state index contributed by atoms with van der Waals surface area (Å²) >= 11 is 0. The topological polar surface area (TPSA) is 50.2 Å². The Morgan fingerprint density at radius 1 is 1.50 bits per heavy atom. The van der Waals surface area contributed by atoms with Crippen LogP contribution in [0.1, 0.15) is 35.8 Å². The molecule has 1 aromatic rings. The van der Waals surface area contributed by atoms with Gasteiger partial charge in [-0.2, -0.15) is 0 Å². The summed E-state index contributed by atoms with van der Waals surface area (Å²) in [6, 6.07) is 3.37. The minimum Gasteiger partial charge on any atom is -0.477 e. The summed E-state index contributed by atoms with van der Waals surface area (Å²) in [5, 5.41) is 8.59. The van der Waals surface area contributed by atoms with Gasteiger partial charge < -0.3 is 5.11 Å². The first-order valence-corrected chi connectivity index (χ1v) is 4.42. The Bertz CT molecular complexity index is 285. The molecule has 1 rings (SSSR count). The van der Waals surface area contributed by atoms with E-state index in [9.17, 15) is 4.79 Å². The molecule has 0 bridgehead atoms. The fraction of sp³-hybridized carbons (Fsp3) is 0.400. The van der Waals surface area contributed by atoms with Crippen LogP contribution in [0, 0.1) is 0 Å². The summed E-state index contributed by atoms with van der Waals surface area (Å²) in [5.74, 6) is -0.970. The largest absolute Gasteiger partial charge is 0.477 e. The van der Waals surface area contributed by atoms with Crippen LogP contribution in [0.3, 0.4) is 0 Å². The maximum Gasteiger partial charge on any atom is 0.354 e. The van der Waals surface area contributed by atoms with Crippen LogP contribution in [0.5, 0.6) is 0 Å². The molecule has 0 amide bonds. The Morgan fingerprint density at radius 2 is 2.21 bits per heavy atom. The Labute approximate surface area is 96.3 Å². The molecule has 0 spiro atoms. The Morgan fingerprint density at radius 3 is 2.64 bits per heavy atom. The molecule has 0 atom stereocenters. The minimum atomic E-state index is -0.970. The van der Waals surface area contributed by atoms with Gasteiger partial charge in [-0.25, -0.2) is 9.78 Å². The van der Waals surface area contributed by atoms with E-state index in [1.165, 1.54) is 0 Å². The molecule has 0 saturated carbocycles. The van der Waals surface area contributed by atoms with Gasteiger partial charge in [-0.3, -0.25) is 0 Å². The van der Waals surface area contributed by atoms with E-state index in [4.69, 9.17) is 5.11 Å². The van der Waals surface area contributed by atoms with E-state index in [1.807, 2.05) is 6.07 Å². The molecule has 0 aliphatic carbocycles. The van der Waals surface area contributed by atoms with Crippen molar-refractivity contribution >= 4 is 5.97 Å². The minimum absolute atomic E-state index is 0. The van der Waals surface area contributed by atoms with Gasteiger partial charge in [0.05, 0.1) is 0 Å². The van der Waals surface area contributed by atoms with Crippen LogP contribution >= 0.6 is 0 Å². The van der Waals surface area contributed by atoms with Crippen molar-refractivity contribution in [3.63, 3.8) is 0 Å². The van der Waals surface area contributed by atoms with Crippen molar-refractivity contribution in [2.75, 3.05) is 0 Å². The number of carboxylic acids is 1. The Hall–Kier alpha value is -0.757. The van der Waals surface area contributed by atoms with E-state index >= 15 is 0 Å². The summed E-state index contributed by atoms with van der Waals surface area (Å²) in [6.07, 6.45) is 4.87. The molecule has 1 heterocycles. The first-order valence-electron chi connectivity index (χ1n) is 4.42. The molecular formula is C10H13NO2Zn. The second kappa shape index (κ2) is 6.66. The zero-order chi connectivity index (χ0) is 9.68. The van der Waals surface area contributed by atoms with Gasteiger partial charge in [-0.15, -0.1) is 0 Å². The third-order valence-electron chi connectivity index (χ3n) is 1.86. The molecule has 0 fully saturated rings. The quantitative estimate of drug-likeness (QED) is 0.826. The standard InChI is InChI=1S/C10H13NO2.Zn/c1-2-3-4-8-5-6-9(10(12)13)11-7-8;/h5-7H,2-4H2,1H3,(H,12,13);. The van der Waals surface area contributed by atoms with E-state index in [1.54, 1.807) is 12.3 Å². The molecule has 0 aromatic carbocycles. The van der Waals surface area contributed by atoms with Crippen molar-refractivity contribution in [1.82, 2.24) is 4.98 Å². The van der Waals surface area contributed by atoms with Crippen LogP contribution in [-0.4, -0.2) is 16.1 Å². The molecule has 1 aromatic heterocycles. The van der Waals surface area contributed by atoms with Crippen LogP contribution in [0.2, 0.25) is 0 Å². The number of carbonyl (C=O) groups is 1. The molecule has 14 heavy (non-hydrogen) atoms. The molecule has 3 nitrogen and oxygen atoms in total. The first kappa shape index (κ1) is 13.2. The van der Waals surface area contributed by atoms with Crippen molar-refractivity contribution in [3.8, 4) is 0 Å².